The van der Waals surface area contributed by atoms with Gasteiger partial charge >= 0.3 is 11.9 Å². The van der Waals surface area contributed by atoms with Crippen LogP contribution in [-0.2, 0) is 14.3 Å². The molecule has 1 aliphatic rings. The number of anilines is 1. The number of nitrogen functional groups attached to an aromatic ring is 1. The van der Waals surface area contributed by atoms with Crippen LogP contribution in [0.1, 0.15) is 51.4 Å². The molecule has 204 valence electrons. The van der Waals surface area contributed by atoms with Crippen molar-refractivity contribution in [3.63, 3.8) is 0 Å². The van der Waals surface area contributed by atoms with Gasteiger partial charge in [-0.15, -0.1) is 0 Å². The van der Waals surface area contributed by atoms with Gasteiger partial charge in [0.05, 0.1) is 39.0 Å². The first-order chi connectivity index (χ1) is 18.8. The SMILES string of the molecule is CCCCOC(=O)c1c(N)/c(=C\c2ccc(OC)cc2)c2n1C(=O)[C@H](c1ccc(OC)cc1)SC=2C(=O)OC. The summed E-state index contributed by atoms with van der Waals surface area (Å²) in [5.74, 6) is -0.549. The second-order valence-electron chi connectivity index (χ2n) is 8.70. The standard InChI is InChI=1S/C29H30N2O7S/c1-5-6-15-38-28(33)24-22(30)21(16-17-7-11-19(35-2)12-8-17)23-26(29(34)37-4)39-25(27(32)31(23)24)18-9-13-20(36-3)14-10-18/h7-14,16,25H,5-6,15,30H2,1-4H3/b21-16+/t25-/m0/s1. The maximum atomic E-state index is 14.0. The third-order valence-corrected chi connectivity index (χ3v) is 7.59. The lowest BCUT2D eigenvalue weighted by Crippen LogP contribution is -2.42. The number of carbonyl (C=O) groups is 3. The number of unbranched alkanes of at least 4 members (excludes halogenated alkanes) is 1. The number of hydrogen-bond donors (Lipinski definition) is 1. The zero-order valence-electron chi connectivity index (χ0n) is 22.2. The van der Waals surface area contributed by atoms with E-state index in [1.807, 2.05) is 6.92 Å². The predicted molar refractivity (Wildman–Crippen MR) is 149 cm³/mol. The Kier molecular flexibility index (Phi) is 8.65. The Bertz CT molecular complexity index is 1510. The molecule has 0 bridgehead atoms. The lowest BCUT2D eigenvalue weighted by Gasteiger charge is -2.23. The summed E-state index contributed by atoms with van der Waals surface area (Å²) in [6.07, 6.45) is 3.19. The number of methoxy groups -OCH3 is 3. The number of rotatable bonds is 9. The second kappa shape index (κ2) is 12.1. The van der Waals surface area contributed by atoms with E-state index in [9.17, 15) is 14.4 Å². The van der Waals surface area contributed by atoms with E-state index in [1.54, 1.807) is 68.8 Å². The van der Waals surface area contributed by atoms with Gasteiger partial charge in [0.15, 0.2) is 5.69 Å². The Morgan fingerprint density at radius 2 is 1.59 bits per heavy atom. The summed E-state index contributed by atoms with van der Waals surface area (Å²) >= 11 is 1.05. The average molecular weight is 551 g/mol. The van der Waals surface area contributed by atoms with Crippen LogP contribution in [0.25, 0.3) is 11.0 Å². The Morgan fingerprint density at radius 3 is 2.15 bits per heavy atom. The van der Waals surface area contributed by atoms with Gasteiger partial charge in [0.2, 0.25) is 5.91 Å². The molecule has 10 heteroatoms. The van der Waals surface area contributed by atoms with Crippen LogP contribution in [0.3, 0.4) is 0 Å². The van der Waals surface area contributed by atoms with Gasteiger partial charge in [-0.05, 0) is 47.9 Å². The van der Waals surface area contributed by atoms with Crippen LogP contribution in [-0.4, -0.2) is 50.3 Å². The number of hydrogen-bond acceptors (Lipinski definition) is 9. The van der Waals surface area contributed by atoms with Crippen LogP contribution in [0.4, 0.5) is 5.69 Å². The summed E-state index contributed by atoms with van der Waals surface area (Å²) < 4.78 is 22.3. The van der Waals surface area contributed by atoms with E-state index in [4.69, 9.17) is 24.7 Å². The van der Waals surface area contributed by atoms with Crippen LogP contribution < -0.4 is 25.8 Å². The molecule has 0 unspecified atom stereocenters. The number of nitrogens with two attached hydrogens (primary N) is 1. The van der Waals surface area contributed by atoms with Crippen LogP contribution in [0.2, 0.25) is 0 Å². The summed E-state index contributed by atoms with van der Waals surface area (Å²) in [4.78, 5) is 40.6. The first-order valence-electron chi connectivity index (χ1n) is 12.3. The molecule has 1 aromatic heterocycles. The number of aromatic nitrogens is 1. The highest BCUT2D eigenvalue weighted by molar-refractivity contribution is 8.10. The summed E-state index contributed by atoms with van der Waals surface area (Å²) in [5, 5.41) is -0.310. The number of fused-ring (bicyclic) bond motifs is 1. The molecule has 0 aliphatic carbocycles. The van der Waals surface area contributed by atoms with Gasteiger partial charge in [-0.2, -0.15) is 0 Å². The molecule has 39 heavy (non-hydrogen) atoms. The molecule has 9 nitrogen and oxygen atoms in total. The van der Waals surface area contributed by atoms with E-state index < -0.39 is 23.1 Å². The molecule has 0 fully saturated rings. The largest absolute Gasteiger partial charge is 0.497 e. The minimum absolute atomic E-state index is 0.0352. The van der Waals surface area contributed by atoms with E-state index >= 15 is 0 Å². The molecule has 4 rings (SSSR count). The molecular formula is C29H30N2O7S. The highest BCUT2D eigenvalue weighted by Crippen LogP contribution is 2.40. The van der Waals surface area contributed by atoms with Gasteiger partial charge in [-0.3, -0.25) is 9.36 Å². The van der Waals surface area contributed by atoms with E-state index in [-0.39, 0.29) is 28.2 Å². The van der Waals surface area contributed by atoms with Gasteiger partial charge in [-0.1, -0.05) is 49.4 Å². The summed E-state index contributed by atoms with van der Waals surface area (Å²) in [6.45, 7) is 2.15. The smallest absolute Gasteiger partial charge is 0.357 e. The first-order valence-corrected chi connectivity index (χ1v) is 13.2. The van der Waals surface area contributed by atoms with Crippen molar-refractivity contribution >= 4 is 46.3 Å². The highest BCUT2D eigenvalue weighted by atomic mass is 32.2. The van der Waals surface area contributed by atoms with Crippen LogP contribution in [0, 0.1) is 0 Å². The maximum absolute atomic E-state index is 14.0. The average Bonchev–Trinajstić information content (AvgIpc) is 3.25. The summed E-state index contributed by atoms with van der Waals surface area (Å²) in [5.41, 5.74) is 7.82. The van der Waals surface area contributed by atoms with E-state index in [0.29, 0.717) is 28.7 Å². The van der Waals surface area contributed by atoms with Crippen molar-refractivity contribution in [2.45, 2.75) is 25.0 Å². The Hall–Kier alpha value is -4.18. The monoisotopic (exact) mass is 550 g/mol. The first kappa shape index (κ1) is 27.8. The number of esters is 2. The normalized spacial score (nSPS) is 15.1. The van der Waals surface area contributed by atoms with Gasteiger partial charge in [0.25, 0.3) is 0 Å². The molecule has 0 amide bonds. The lowest BCUT2D eigenvalue weighted by molar-refractivity contribution is -0.133. The minimum Gasteiger partial charge on any atom is -0.497 e. The third kappa shape index (κ3) is 5.51. The molecule has 3 aromatic rings. The van der Waals surface area contributed by atoms with Crippen LogP contribution in [0.15, 0.2) is 48.5 Å². The van der Waals surface area contributed by atoms with Crippen LogP contribution in [0.5, 0.6) is 11.5 Å². The maximum Gasteiger partial charge on any atom is 0.357 e. The lowest BCUT2D eigenvalue weighted by atomic mass is 10.1. The molecular weight excluding hydrogens is 520 g/mol. The zero-order valence-corrected chi connectivity index (χ0v) is 23.0. The van der Waals surface area contributed by atoms with Gasteiger partial charge in [0.1, 0.15) is 21.7 Å². The van der Waals surface area contributed by atoms with Crippen molar-refractivity contribution in [2.75, 3.05) is 33.7 Å². The summed E-state index contributed by atoms with van der Waals surface area (Å²) in [6, 6.07) is 14.1. The second-order valence-corrected chi connectivity index (χ2v) is 9.81. The van der Waals surface area contributed by atoms with Crippen molar-refractivity contribution in [1.82, 2.24) is 4.57 Å². The number of carbonyl (C=O) groups excluding carboxylic acids is 3. The number of thioether (sulfide) groups is 1. The highest BCUT2D eigenvalue weighted by Gasteiger charge is 2.38. The molecule has 0 saturated carbocycles. The fraction of sp³-hybridized carbons (Fsp3) is 0.276. The molecule has 1 atom stereocenters. The van der Waals surface area contributed by atoms with Crippen molar-refractivity contribution in [3.05, 3.63) is 75.9 Å². The summed E-state index contributed by atoms with van der Waals surface area (Å²) in [7, 11) is 4.37. The number of benzene rings is 2. The Morgan fingerprint density at radius 1 is 0.974 bits per heavy atom. The van der Waals surface area contributed by atoms with Crippen molar-refractivity contribution < 1.29 is 33.3 Å². The van der Waals surface area contributed by atoms with E-state index in [1.165, 1.54) is 11.7 Å². The molecule has 2 heterocycles. The Labute approximate surface area is 230 Å². The zero-order chi connectivity index (χ0) is 28.1. The number of ether oxygens (including phenoxy) is 4. The van der Waals surface area contributed by atoms with Crippen LogP contribution >= 0.6 is 11.8 Å². The predicted octanol–water partition coefficient (Wildman–Crippen LogP) is 3.28. The number of nitrogens with zero attached hydrogens (tertiary/aromatic N) is 1. The fourth-order valence-electron chi connectivity index (χ4n) is 4.21. The molecule has 0 spiro atoms. The Balaban J connectivity index is 2.00. The van der Waals surface area contributed by atoms with Gasteiger partial charge < -0.3 is 24.7 Å². The van der Waals surface area contributed by atoms with E-state index in [0.717, 1.165) is 23.7 Å². The van der Waals surface area contributed by atoms with E-state index in [2.05, 4.69) is 0 Å². The topological polar surface area (TPSA) is 119 Å². The third-order valence-electron chi connectivity index (χ3n) is 6.28. The fourth-order valence-corrected chi connectivity index (χ4v) is 5.44. The van der Waals surface area contributed by atoms with Gasteiger partial charge in [0, 0.05) is 5.22 Å². The van der Waals surface area contributed by atoms with Crippen molar-refractivity contribution in [2.24, 2.45) is 0 Å². The van der Waals surface area contributed by atoms with Crippen molar-refractivity contribution in [1.29, 1.82) is 0 Å². The molecule has 0 radical (unpaired) electrons. The molecule has 2 aromatic carbocycles. The van der Waals surface area contributed by atoms with Crippen molar-refractivity contribution in [3.8, 4) is 11.5 Å². The molecule has 2 N–H and O–H groups in total. The quantitative estimate of drug-likeness (QED) is 0.316. The van der Waals surface area contributed by atoms with Gasteiger partial charge in [-0.25, -0.2) is 9.59 Å². The molecule has 1 aliphatic heterocycles. The minimum atomic E-state index is -0.847. The molecule has 0 saturated heterocycles.